The van der Waals surface area contributed by atoms with Crippen molar-refractivity contribution in [2.24, 2.45) is 5.41 Å². The third-order valence-corrected chi connectivity index (χ3v) is 6.37. The van der Waals surface area contributed by atoms with Crippen LogP contribution in [-0.2, 0) is 4.79 Å². The van der Waals surface area contributed by atoms with Crippen molar-refractivity contribution in [2.75, 3.05) is 16.3 Å². The maximum absolute atomic E-state index is 13.5. The standard InChI is InChI=1S/C24H30N2OSe/c1-14-9-16(3)20(17(4)10-14)25-13-24(7,8)22(27)26(23(25)28)21-18(5)11-15(2)12-19(21)6/h9-12H,13H2,1-8H3. The van der Waals surface area contributed by atoms with Crippen LogP contribution < -0.4 is 9.80 Å². The van der Waals surface area contributed by atoms with Gasteiger partial charge in [-0.1, -0.05) is 0 Å². The summed E-state index contributed by atoms with van der Waals surface area (Å²) in [6, 6.07) is 8.73. The molecule has 3 rings (SSSR count). The van der Waals surface area contributed by atoms with Gasteiger partial charge in [0.2, 0.25) is 0 Å². The molecule has 1 saturated heterocycles. The van der Waals surface area contributed by atoms with Gasteiger partial charge in [-0.25, -0.2) is 0 Å². The molecule has 0 radical (unpaired) electrons. The minimum atomic E-state index is -0.499. The Kier molecular flexibility index (Phi) is 5.33. The molecule has 1 fully saturated rings. The van der Waals surface area contributed by atoms with E-state index >= 15 is 0 Å². The molecular formula is C24H30N2OSe. The van der Waals surface area contributed by atoms with Gasteiger partial charge in [-0.15, -0.1) is 0 Å². The molecule has 1 heterocycles. The van der Waals surface area contributed by atoms with Crippen molar-refractivity contribution in [1.82, 2.24) is 0 Å². The molecule has 0 unspecified atom stereocenters. The zero-order valence-electron chi connectivity index (χ0n) is 18.2. The summed E-state index contributed by atoms with van der Waals surface area (Å²) >= 11 is 3.23. The monoisotopic (exact) mass is 442 g/mol. The number of anilines is 2. The first-order chi connectivity index (χ1) is 12.9. The van der Waals surface area contributed by atoms with Crippen molar-refractivity contribution in [3.05, 3.63) is 57.6 Å². The number of benzene rings is 2. The summed E-state index contributed by atoms with van der Waals surface area (Å²) < 4.78 is 0.856. The second kappa shape index (κ2) is 7.17. The number of amides is 1. The minimum absolute atomic E-state index is 0.134. The van der Waals surface area contributed by atoms with Gasteiger partial charge in [0.15, 0.2) is 0 Å². The van der Waals surface area contributed by atoms with E-state index in [1.807, 2.05) is 18.7 Å². The summed E-state index contributed by atoms with van der Waals surface area (Å²) in [5.41, 5.74) is 8.85. The van der Waals surface area contributed by atoms with Gasteiger partial charge in [0.05, 0.1) is 0 Å². The molecule has 4 heteroatoms. The molecule has 0 N–H and O–H groups in total. The number of nitrogens with zero attached hydrogens (tertiary/aromatic N) is 2. The van der Waals surface area contributed by atoms with Crippen molar-refractivity contribution < 1.29 is 4.79 Å². The normalized spacial score (nSPS) is 16.7. The number of hydrogen-bond acceptors (Lipinski definition) is 2. The molecule has 1 aliphatic rings. The Bertz CT molecular complexity index is 944. The van der Waals surface area contributed by atoms with Crippen molar-refractivity contribution in [2.45, 2.75) is 55.4 Å². The number of carbonyl (C=O) groups excluding carboxylic acids is 1. The second-order valence-electron chi connectivity index (χ2n) is 8.89. The quantitative estimate of drug-likeness (QED) is 0.633. The first-order valence-corrected chi connectivity index (χ1v) is 10.6. The molecule has 0 aromatic heterocycles. The molecule has 1 aliphatic heterocycles. The topological polar surface area (TPSA) is 23.6 Å². The molecule has 0 saturated carbocycles. The van der Waals surface area contributed by atoms with Crippen LogP contribution in [0, 0.1) is 47.0 Å². The van der Waals surface area contributed by atoms with Crippen LogP contribution in [0.2, 0.25) is 0 Å². The van der Waals surface area contributed by atoms with E-state index in [1.165, 1.54) is 27.9 Å². The Balaban J connectivity index is 2.21. The molecule has 0 atom stereocenters. The van der Waals surface area contributed by atoms with E-state index in [0.717, 1.165) is 21.5 Å². The summed E-state index contributed by atoms with van der Waals surface area (Å²) in [7, 11) is 0. The van der Waals surface area contributed by atoms with Crippen LogP contribution in [0.15, 0.2) is 24.3 Å². The fourth-order valence-corrected chi connectivity index (χ4v) is 5.23. The van der Waals surface area contributed by atoms with Crippen LogP contribution >= 0.6 is 0 Å². The van der Waals surface area contributed by atoms with Crippen LogP contribution in [0.5, 0.6) is 0 Å². The summed E-state index contributed by atoms with van der Waals surface area (Å²) in [6.45, 7) is 17.4. The zero-order chi connectivity index (χ0) is 21.0. The average Bonchev–Trinajstić information content (AvgIpc) is 2.53. The number of carbonyl (C=O) groups is 1. The van der Waals surface area contributed by atoms with E-state index in [2.05, 4.69) is 86.3 Å². The molecular weight excluding hydrogens is 411 g/mol. The van der Waals surface area contributed by atoms with Gasteiger partial charge in [0.25, 0.3) is 0 Å². The van der Waals surface area contributed by atoms with E-state index in [1.54, 1.807) is 0 Å². The van der Waals surface area contributed by atoms with Gasteiger partial charge in [-0.2, -0.15) is 0 Å². The van der Waals surface area contributed by atoms with Crippen molar-refractivity contribution in [1.29, 1.82) is 0 Å². The fourth-order valence-electron chi connectivity index (χ4n) is 4.54. The van der Waals surface area contributed by atoms with Crippen LogP contribution in [0.25, 0.3) is 0 Å². The number of rotatable bonds is 2. The first kappa shape index (κ1) is 20.8. The summed E-state index contributed by atoms with van der Waals surface area (Å²) in [5, 5.41) is 0. The predicted molar refractivity (Wildman–Crippen MR) is 121 cm³/mol. The molecule has 2 aromatic carbocycles. The Labute approximate surface area is 177 Å². The van der Waals surface area contributed by atoms with E-state index in [-0.39, 0.29) is 5.91 Å². The summed E-state index contributed by atoms with van der Waals surface area (Å²) in [5.74, 6) is 0.134. The van der Waals surface area contributed by atoms with Crippen LogP contribution in [0.3, 0.4) is 0 Å². The molecule has 0 aliphatic carbocycles. The fraction of sp³-hybridized carbons (Fsp3) is 0.417. The van der Waals surface area contributed by atoms with Crippen molar-refractivity contribution >= 4 is 37.5 Å². The SMILES string of the molecule is Cc1cc(C)c(N2CC(C)(C)C(=O)N(c3c(C)cc(C)cc3C)C2=[Se])c(C)c1. The first-order valence-electron chi connectivity index (χ1n) is 9.76. The van der Waals surface area contributed by atoms with Crippen LogP contribution in [0.4, 0.5) is 11.4 Å². The van der Waals surface area contributed by atoms with Crippen LogP contribution in [-0.4, -0.2) is 32.7 Å². The zero-order valence-corrected chi connectivity index (χ0v) is 19.9. The number of aryl methyl sites for hydroxylation is 6. The molecule has 2 aromatic rings. The number of hydrogen-bond donors (Lipinski definition) is 0. The summed E-state index contributed by atoms with van der Waals surface area (Å²) in [6.07, 6.45) is 0. The molecule has 0 bridgehead atoms. The maximum atomic E-state index is 13.5. The second-order valence-corrected chi connectivity index (χ2v) is 9.65. The van der Waals surface area contributed by atoms with E-state index in [4.69, 9.17) is 0 Å². The van der Waals surface area contributed by atoms with E-state index < -0.39 is 5.41 Å². The summed E-state index contributed by atoms with van der Waals surface area (Å²) in [4.78, 5) is 17.7. The Morgan fingerprint density at radius 1 is 0.786 bits per heavy atom. The van der Waals surface area contributed by atoms with Gasteiger partial charge in [0.1, 0.15) is 0 Å². The van der Waals surface area contributed by atoms with E-state index in [0.29, 0.717) is 6.54 Å². The van der Waals surface area contributed by atoms with E-state index in [9.17, 15) is 4.79 Å². The Hall–Kier alpha value is -1.90. The molecule has 1 amide bonds. The van der Waals surface area contributed by atoms with Crippen LogP contribution in [0.1, 0.15) is 47.2 Å². The molecule has 148 valence electrons. The Morgan fingerprint density at radius 3 is 1.61 bits per heavy atom. The van der Waals surface area contributed by atoms with Gasteiger partial charge in [-0.3, -0.25) is 0 Å². The van der Waals surface area contributed by atoms with Gasteiger partial charge >= 0.3 is 177 Å². The molecule has 28 heavy (non-hydrogen) atoms. The third-order valence-electron chi connectivity index (χ3n) is 5.52. The predicted octanol–water partition coefficient (Wildman–Crippen LogP) is 4.67. The molecule has 0 spiro atoms. The van der Waals surface area contributed by atoms with Crippen molar-refractivity contribution in [3.63, 3.8) is 0 Å². The average molecular weight is 441 g/mol. The van der Waals surface area contributed by atoms with Gasteiger partial charge < -0.3 is 0 Å². The molecule has 3 nitrogen and oxygen atoms in total. The van der Waals surface area contributed by atoms with Gasteiger partial charge in [-0.05, 0) is 0 Å². The third kappa shape index (κ3) is 3.44. The van der Waals surface area contributed by atoms with Crippen molar-refractivity contribution in [3.8, 4) is 0 Å². The van der Waals surface area contributed by atoms with Gasteiger partial charge in [0, 0.05) is 0 Å². The Morgan fingerprint density at radius 2 is 1.18 bits per heavy atom.